The molecule has 1 fully saturated rings. The minimum Gasteiger partial charge on any atom is -0.313 e. The standard InChI is InChI=1S/C18H25N3/c1-3-13-6-4-5-7-15(13)18(19-2)14-8-9-16-17(12-14)21-11-10-20-16/h8-13,15,18-19H,3-7H2,1-2H3. The number of hydrogen-bond acceptors (Lipinski definition) is 3. The highest BCUT2D eigenvalue weighted by Gasteiger charge is 2.30. The zero-order valence-electron chi connectivity index (χ0n) is 13.0. The summed E-state index contributed by atoms with van der Waals surface area (Å²) in [7, 11) is 2.09. The summed E-state index contributed by atoms with van der Waals surface area (Å²) >= 11 is 0. The highest BCUT2D eigenvalue weighted by atomic mass is 14.9. The van der Waals surface area contributed by atoms with Gasteiger partial charge in [-0.15, -0.1) is 0 Å². The summed E-state index contributed by atoms with van der Waals surface area (Å²) in [5, 5.41) is 3.57. The van der Waals surface area contributed by atoms with Gasteiger partial charge < -0.3 is 5.32 Å². The molecule has 1 heterocycles. The Labute approximate surface area is 127 Å². The summed E-state index contributed by atoms with van der Waals surface area (Å²) in [5.41, 5.74) is 3.33. The predicted molar refractivity (Wildman–Crippen MR) is 87.1 cm³/mol. The Hall–Kier alpha value is -1.48. The molecule has 3 nitrogen and oxygen atoms in total. The quantitative estimate of drug-likeness (QED) is 0.917. The van der Waals surface area contributed by atoms with Gasteiger partial charge in [-0.25, -0.2) is 0 Å². The highest BCUT2D eigenvalue weighted by Crippen LogP contribution is 2.40. The van der Waals surface area contributed by atoms with E-state index >= 15 is 0 Å². The van der Waals surface area contributed by atoms with Gasteiger partial charge in [-0.2, -0.15) is 0 Å². The Bertz CT molecular complexity index is 596. The van der Waals surface area contributed by atoms with Gasteiger partial charge in [-0.1, -0.05) is 38.7 Å². The fourth-order valence-corrected chi connectivity index (χ4v) is 3.98. The van der Waals surface area contributed by atoms with Gasteiger partial charge in [-0.05, 0) is 43.0 Å². The molecule has 0 aliphatic heterocycles. The van der Waals surface area contributed by atoms with Crippen LogP contribution < -0.4 is 5.32 Å². The number of rotatable bonds is 4. The topological polar surface area (TPSA) is 37.8 Å². The molecular formula is C18H25N3. The Balaban J connectivity index is 1.93. The second-order valence-electron chi connectivity index (χ2n) is 6.19. The van der Waals surface area contributed by atoms with Crippen molar-refractivity contribution in [3.8, 4) is 0 Å². The lowest BCUT2D eigenvalue weighted by Crippen LogP contribution is -2.32. The molecule has 1 aromatic heterocycles. The number of hydrogen-bond donors (Lipinski definition) is 1. The number of nitrogens with zero attached hydrogens (tertiary/aromatic N) is 2. The lowest BCUT2D eigenvalue weighted by atomic mass is 9.72. The van der Waals surface area contributed by atoms with Crippen LogP contribution in [-0.2, 0) is 0 Å². The van der Waals surface area contributed by atoms with E-state index in [1.165, 1.54) is 37.7 Å². The van der Waals surface area contributed by atoms with Crippen molar-refractivity contribution < 1.29 is 0 Å². The number of fused-ring (bicyclic) bond motifs is 1. The molecule has 3 atom stereocenters. The molecular weight excluding hydrogens is 258 g/mol. The lowest BCUT2D eigenvalue weighted by molar-refractivity contribution is 0.180. The highest BCUT2D eigenvalue weighted by molar-refractivity contribution is 5.74. The normalized spacial score (nSPS) is 24.1. The van der Waals surface area contributed by atoms with Gasteiger partial charge in [0.1, 0.15) is 0 Å². The third kappa shape index (κ3) is 2.93. The fraction of sp³-hybridized carbons (Fsp3) is 0.556. The maximum atomic E-state index is 4.45. The summed E-state index contributed by atoms with van der Waals surface area (Å²) in [6.45, 7) is 2.33. The van der Waals surface area contributed by atoms with Gasteiger partial charge >= 0.3 is 0 Å². The van der Waals surface area contributed by atoms with Crippen molar-refractivity contribution in [2.24, 2.45) is 11.8 Å². The van der Waals surface area contributed by atoms with E-state index in [9.17, 15) is 0 Å². The van der Waals surface area contributed by atoms with E-state index in [1.807, 2.05) is 0 Å². The summed E-state index contributed by atoms with van der Waals surface area (Å²) in [5.74, 6) is 1.58. The first-order valence-electron chi connectivity index (χ1n) is 8.21. The molecule has 112 valence electrons. The van der Waals surface area contributed by atoms with E-state index in [0.29, 0.717) is 6.04 Å². The Morgan fingerprint density at radius 2 is 1.90 bits per heavy atom. The molecule has 0 bridgehead atoms. The monoisotopic (exact) mass is 283 g/mol. The maximum absolute atomic E-state index is 4.45. The average molecular weight is 283 g/mol. The van der Waals surface area contributed by atoms with Gasteiger partial charge in [0, 0.05) is 18.4 Å². The van der Waals surface area contributed by atoms with Gasteiger partial charge in [0.15, 0.2) is 0 Å². The summed E-state index contributed by atoms with van der Waals surface area (Å²) in [4.78, 5) is 8.82. The van der Waals surface area contributed by atoms with Gasteiger partial charge in [-0.3, -0.25) is 9.97 Å². The van der Waals surface area contributed by atoms with E-state index in [1.54, 1.807) is 12.4 Å². The Kier molecular flexibility index (Phi) is 4.49. The smallest absolute Gasteiger partial charge is 0.0890 e. The number of aromatic nitrogens is 2. The maximum Gasteiger partial charge on any atom is 0.0890 e. The average Bonchev–Trinajstić information content (AvgIpc) is 2.56. The number of benzene rings is 1. The van der Waals surface area contributed by atoms with Crippen molar-refractivity contribution in [1.29, 1.82) is 0 Å². The van der Waals surface area contributed by atoms with Crippen LogP contribution in [0.5, 0.6) is 0 Å². The molecule has 3 rings (SSSR count). The second kappa shape index (κ2) is 6.52. The first-order chi connectivity index (χ1) is 10.3. The zero-order valence-corrected chi connectivity index (χ0v) is 13.0. The zero-order chi connectivity index (χ0) is 14.7. The molecule has 3 heteroatoms. The van der Waals surface area contributed by atoms with Crippen LogP contribution in [0.25, 0.3) is 11.0 Å². The van der Waals surface area contributed by atoms with Crippen LogP contribution in [0.4, 0.5) is 0 Å². The van der Waals surface area contributed by atoms with E-state index in [-0.39, 0.29) is 0 Å². The molecule has 1 aliphatic rings. The van der Waals surface area contributed by atoms with Crippen molar-refractivity contribution in [3.63, 3.8) is 0 Å². The van der Waals surface area contributed by atoms with Crippen LogP contribution in [0.2, 0.25) is 0 Å². The molecule has 1 N–H and O–H groups in total. The van der Waals surface area contributed by atoms with Crippen molar-refractivity contribution >= 4 is 11.0 Å². The van der Waals surface area contributed by atoms with Crippen molar-refractivity contribution in [3.05, 3.63) is 36.2 Å². The van der Waals surface area contributed by atoms with Gasteiger partial charge in [0.05, 0.1) is 11.0 Å². The molecule has 1 aromatic carbocycles. The Morgan fingerprint density at radius 3 is 2.67 bits per heavy atom. The molecule has 1 aliphatic carbocycles. The van der Waals surface area contributed by atoms with Crippen LogP contribution in [-0.4, -0.2) is 17.0 Å². The van der Waals surface area contributed by atoms with E-state index in [0.717, 1.165) is 22.9 Å². The van der Waals surface area contributed by atoms with Crippen LogP contribution in [0.3, 0.4) is 0 Å². The molecule has 0 spiro atoms. The molecule has 0 amide bonds. The molecule has 3 unspecified atom stereocenters. The van der Waals surface area contributed by atoms with E-state index < -0.39 is 0 Å². The third-order valence-corrected chi connectivity index (χ3v) is 5.08. The molecule has 1 saturated carbocycles. The molecule has 0 radical (unpaired) electrons. The Morgan fingerprint density at radius 1 is 1.14 bits per heavy atom. The largest absolute Gasteiger partial charge is 0.313 e. The van der Waals surface area contributed by atoms with Crippen molar-refractivity contribution in [2.45, 2.75) is 45.1 Å². The molecule has 2 aromatic rings. The second-order valence-corrected chi connectivity index (χ2v) is 6.19. The van der Waals surface area contributed by atoms with Gasteiger partial charge in [0.25, 0.3) is 0 Å². The molecule has 0 saturated heterocycles. The third-order valence-electron chi connectivity index (χ3n) is 5.08. The fourth-order valence-electron chi connectivity index (χ4n) is 3.98. The van der Waals surface area contributed by atoms with Crippen LogP contribution >= 0.6 is 0 Å². The summed E-state index contributed by atoms with van der Waals surface area (Å²) < 4.78 is 0. The van der Waals surface area contributed by atoms with Crippen LogP contribution in [0, 0.1) is 11.8 Å². The first kappa shape index (κ1) is 14.5. The lowest BCUT2D eigenvalue weighted by Gasteiger charge is -2.37. The number of nitrogens with one attached hydrogen (secondary N) is 1. The van der Waals surface area contributed by atoms with Crippen molar-refractivity contribution in [2.75, 3.05) is 7.05 Å². The first-order valence-corrected chi connectivity index (χ1v) is 8.21. The summed E-state index contributed by atoms with van der Waals surface area (Å²) in [6, 6.07) is 6.97. The van der Waals surface area contributed by atoms with E-state index in [2.05, 4.69) is 47.5 Å². The summed E-state index contributed by atoms with van der Waals surface area (Å²) in [6.07, 6.45) is 10.3. The molecule has 21 heavy (non-hydrogen) atoms. The van der Waals surface area contributed by atoms with Crippen LogP contribution in [0.1, 0.15) is 50.6 Å². The van der Waals surface area contributed by atoms with E-state index in [4.69, 9.17) is 0 Å². The minimum absolute atomic E-state index is 0.432. The predicted octanol–water partition coefficient (Wildman–Crippen LogP) is 4.11. The minimum atomic E-state index is 0.432. The van der Waals surface area contributed by atoms with Crippen molar-refractivity contribution in [1.82, 2.24) is 15.3 Å². The SMILES string of the molecule is CCC1CCCCC1C(NC)c1ccc2nccnc2c1. The van der Waals surface area contributed by atoms with Crippen LogP contribution in [0.15, 0.2) is 30.6 Å². The van der Waals surface area contributed by atoms with Gasteiger partial charge in [0.2, 0.25) is 0 Å².